The first-order valence-electron chi connectivity index (χ1n) is 7.24. The number of benzene rings is 2. The molecule has 0 amide bonds. The number of methoxy groups -OCH3 is 1. The van der Waals surface area contributed by atoms with Crippen LogP contribution in [0.2, 0.25) is 0 Å². The summed E-state index contributed by atoms with van der Waals surface area (Å²) in [5, 5.41) is 0. The van der Waals surface area contributed by atoms with Crippen LogP contribution in [-0.2, 0) is 16.0 Å². The standard InChI is InChI=1S/C18H20O4/c1-3-21-18(19)17(13-14-9-5-4-6-10-14)22-16-12-8-7-11-15(16)20-2/h4-12,17H,3,13H2,1-2H3. The summed E-state index contributed by atoms with van der Waals surface area (Å²) in [6, 6.07) is 17.0. The second kappa shape index (κ2) is 8.08. The molecule has 116 valence electrons. The molecule has 1 unspecified atom stereocenters. The van der Waals surface area contributed by atoms with E-state index in [1.54, 1.807) is 26.2 Å². The molecular formula is C18H20O4. The predicted molar refractivity (Wildman–Crippen MR) is 84.2 cm³/mol. The highest BCUT2D eigenvalue weighted by Gasteiger charge is 2.23. The number of ether oxygens (including phenoxy) is 3. The molecule has 0 saturated carbocycles. The number of carbonyl (C=O) groups excluding carboxylic acids is 1. The van der Waals surface area contributed by atoms with Crippen molar-refractivity contribution in [1.29, 1.82) is 0 Å². The average Bonchev–Trinajstić information content (AvgIpc) is 2.56. The zero-order valence-corrected chi connectivity index (χ0v) is 12.8. The highest BCUT2D eigenvalue weighted by Crippen LogP contribution is 2.27. The first kappa shape index (κ1) is 15.9. The fourth-order valence-electron chi connectivity index (χ4n) is 2.11. The number of hydrogen-bond donors (Lipinski definition) is 0. The summed E-state index contributed by atoms with van der Waals surface area (Å²) in [4.78, 5) is 12.2. The summed E-state index contributed by atoms with van der Waals surface area (Å²) in [6.45, 7) is 2.10. The van der Waals surface area contributed by atoms with Crippen LogP contribution in [-0.4, -0.2) is 25.8 Å². The molecule has 0 N–H and O–H groups in total. The highest BCUT2D eigenvalue weighted by atomic mass is 16.6. The Balaban J connectivity index is 2.19. The van der Waals surface area contributed by atoms with Crippen molar-refractivity contribution in [2.45, 2.75) is 19.4 Å². The Labute approximate surface area is 130 Å². The minimum Gasteiger partial charge on any atom is -0.493 e. The Morgan fingerprint density at radius 1 is 1.00 bits per heavy atom. The van der Waals surface area contributed by atoms with E-state index in [0.717, 1.165) is 5.56 Å². The van der Waals surface area contributed by atoms with Gasteiger partial charge in [-0.1, -0.05) is 42.5 Å². The van der Waals surface area contributed by atoms with Gasteiger partial charge in [0.25, 0.3) is 0 Å². The van der Waals surface area contributed by atoms with Gasteiger partial charge >= 0.3 is 5.97 Å². The van der Waals surface area contributed by atoms with Crippen molar-refractivity contribution >= 4 is 5.97 Å². The van der Waals surface area contributed by atoms with E-state index in [0.29, 0.717) is 24.5 Å². The van der Waals surface area contributed by atoms with E-state index in [9.17, 15) is 4.79 Å². The van der Waals surface area contributed by atoms with Crippen LogP contribution in [0.25, 0.3) is 0 Å². The Morgan fingerprint density at radius 3 is 2.27 bits per heavy atom. The molecule has 2 aromatic carbocycles. The number of rotatable bonds is 7. The smallest absolute Gasteiger partial charge is 0.347 e. The topological polar surface area (TPSA) is 44.8 Å². The molecule has 0 heterocycles. The Hall–Kier alpha value is -2.49. The minimum atomic E-state index is -0.710. The van der Waals surface area contributed by atoms with Crippen LogP contribution in [0.4, 0.5) is 0 Å². The van der Waals surface area contributed by atoms with Gasteiger partial charge in [-0.05, 0) is 24.6 Å². The third-order valence-corrected chi connectivity index (χ3v) is 3.15. The summed E-state index contributed by atoms with van der Waals surface area (Å²) in [7, 11) is 1.57. The van der Waals surface area contributed by atoms with Crippen LogP contribution in [0.5, 0.6) is 11.5 Å². The fraction of sp³-hybridized carbons (Fsp3) is 0.278. The third-order valence-electron chi connectivity index (χ3n) is 3.15. The van der Waals surface area contributed by atoms with Crippen LogP contribution in [0.1, 0.15) is 12.5 Å². The van der Waals surface area contributed by atoms with Crippen LogP contribution in [0, 0.1) is 0 Å². The lowest BCUT2D eigenvalue weighted by Gasteiger charge is -2.19. The predicted octanol–water partition coefficient (Wildman–Crippen LogP) is 3.25. The fourth-order valence-corrected chi connectivity index (χ4v) is 2.11. The van der Waals surface area contributed by atoms with E-state index in [2.05, 4.69) is 0 Å². The zero-order chi connectivity index (χ0) is 15.8. The van der Waals surface area contributed by atoms with Gasteiger partial charge in [-0.3, -0.25) is 0 Å². The molecule has 2 rings (SSSR count). The van der Waals surface area contributed by atoms with Crippen molar-refractivity contribution < 1.29 is 19.0 Å². The lowest BCUT2D eigenvalue weighted by molar-refractivity contribution is -0.151. The lowest BCUT2D eigenvalue weighted by atomic mass is 10.1. The van der Waals surface area contributed by atoms with E-state index in [1.165, 1.54) is 0 Å². The molecule has 0 spiro atoms. The Morgan fingerprint density at radius 2 is 1.64 bits per heavy atom. The van der Waals surface area contributed by atoms with Crippen molar-refractivity contribution in [1.82, 2.24) is 0 Å². The molecule has 1 atom stereocenters. The maximum Gasteiger partial charge on any atom is 0.347 e. The zero-order valence-electron chi connectivity index (χ0n) is 12.8. The number of carbonyl (C=O) groups is 1. The molecule has 0 bridgehead atoms. The van der Waals surface area contributed by atoms with Crippen LogP contribution in [0.3, 0.4) is 0 Å². The first-order valence-corrected chi connectivity index (χ1v) is 7.24. The minimum absolute atomic E-state index is 0.319. The van der Waals surface area contributed by atoms with Gasteiger partial charge in [-0.25, -0.2) is 4.79 Å². The second-order valence-electron chi connectivity index (χ2n) is 4.70. The van der Waals surface area contributed by atoms with Crippen molar-refractivity contribution in [3.05, 3.63) is 60.2 Å². The molecule has 0 aliphatic carbocycles. The number of para-hydroxylation sites is 2. The van der Waals surface area contributed by atoms with Gasteiger partial charge in [0.2, 0.25) is 0 Å². The maximum atomic E-state index is 12.2. The van der Waals surface area contributed by atoms with Crippen LogP contribution in [0.15, 0.2) is 54.6 Å². The largest absolute Gasteiger partial charge is 0.493 e. The number of esters is 1. The highest BCUT2D eigenvalue weighted by molar-refractivity contribution is 5.75. The summed E-state index contributed by atoms with van der Waals surface area (Å²) in [5.74, 6) is 0.737. The van der Waals surface area contributed by atoms with Gasteiger partial charge in [-0.2, -0.15) is 0 Å². The molecule has 0 fully saturated rings. The molecule has 2 aromatic rings. The van der Waals surface area contributed by atoms with Gasteiger partial charge in [0.1, 0.15) is 0 Å². The number of hydrogen-bond acceptors (Lipinski definition) is 4. The molecular weight excluding hydrogens is 280 g/mol. The molecule has 0 aromatic heterocycles. The monoisotopic (exact) mass is 300 g/mol. The van der Waals surface area contributed by atoms with Gasteiger partial charge in [0, 0.05) is 6.42 Å². The molecule has 22 heavy (non-hydrogen) atoms. The quantitative estimate of drug-likeness (QED) is 0.736. The summed E-state index contributed by atoms with van der Waals surface area (Å²) in [6.07, 6.45) is -0.267. The van der Waals surface area contributed by atoms with Gasteiger partial charge in [-0.15, -0.1) is 0 Å². The third kappa shape index (κ3) is 4.25. The van der Waals surface area contributed by atoms with Crippen molar-refractivity contribution in [2.75, 3.05) is 13.7 Å². The van der Waals surface area contributed by atoms with E-state index in [4.69, 9.17) is 14.2 Å². The van der Waals surface area contributed by atoms with Crippen molar-refractivity contribution in [3.63, 3.8) is 0 Å². The Bertz CT molecular complexity index is 595. The van der Waals surface area contributed by atoms with Crippen LogP contribution < -0.4 is 9.47 Å². The molecule has 4 nitrogen and oxygen atoms in total. The van der Waals surface area contributed by atoms with Gasteiger partial charge in [0.05, 0.1) is 13.7 Å². The van der Waals surface area contributed by atoms with Crippen molar-refractivity contribution in [3.8, 4) is 11.5 Å². The Kier molecular flexibility index (Phi) is 5.83. The summed E-state index contributed by atoms with van der Waals surface area (Å²) in [5.41, 5.74) is 1.01. The first-order chi connectivity index (χ1) is 10.7. The van der Waals surface area contributed by atoms with Gasteiger partial charge < -0.3 is 14.2 Å². The molecule has 0 aliphatic rings. The SMILES string of the molecule is CCOC(=O)C(Cc1ccccc1)Oc1ccccc1OC. The van der Waals surface area contributed by atoms with E-state index in [-0.39, 0.29) is 5.97 Å². The molecule has 0 radical (unpaired) electrons. The van der Waals surface area contributed by atoms with E-state index >= 15 is 0 Å². The van der Waals surface area contributed by atoms with Crippen LogP contribution >= 0.6 is 0 Å². The maximum absolute atomic E-state index is 12.2. The lowest BCUT2D eigenvalue weighted by Crippen LogP contribution is -2.31. The van der Waals surface area contributed by atoms with Gasteiger partial charge in [0.15, 0.2) is 17.6 Å². The molecule has 4 heteroatoms. The molecule has 0 saturated heterocycles. The van der Waals surface area contributed by atoms with E-state index < -0.39 is 6.10 Å². The normalized spacial score (nSPS) is 11.5. The van der Waals surface area contributed by atoms with E-state index in [1.807, 2.05) is 42.5 Å². The molecule has 0 aliphatic heterocycles. The second-order valence-corrected chi connectivity index (χ2v) is 4.70. The summed E-state index contributed by atoms with van der Waals surface area (Å²) < 4.78 is 16.2. The summed E-state index contributed by atoms with van der Waals surface area (Å²) >= 11 is 0. The average molecular weight is 300 g/mol. The van der Waals surface area contributed by atoms with Crippen molar-refractivity contribution in [2.24, 2.45) is 0 Å².